The van der Waals surface area contributed by atoms with Gasteiger partial charge in [0.2, 0.25) is 0 Å². The number of aromatic nitrogens is 1. The average molecular weight is 322 g/mol. The number of nitrogen functional groups attached to an aromatic ring is 1. The fourth-order valence-corrected chi connectivity index (χ4v) is 2.50. The van der Waals surface area contributed by atoms with Gasteiger partial charge in [-0.05, 0) is 38.0 Å². The molecule has 1 heterocycles. The topological polar surface area (TPSA) is 88.0 Å². The number of amides is 1. The van der Waals surface area contributed by atoms with E-state index in [9.17, 15) is 9.59 Å². The van der Waals surface area contributed by atoms with Crippen LogP contribution in [0.1, 0.15) is 46.0 Å². The summed E-state index contributed by atoms with van der Waals surface area (Å²) in [7, 11) is 0. The van der Waals surface area contributed by atoms with Crippen molar-refractivity contribution in [2.75, 3.05) is 11.1 Å². The molecule has 0 radical (unpaired) electrons. The van der Waals surface area contributed by atoms with Crippen LogP contribution in [0.2, 0.25) is 0 Å². The molecule has 22 heavy (non-hydrogen) atoms. The van der Waals surface area contributed by atoms with Gasteiger partial charge in [0, 0.05) is 11.3 Å². The van der Waals surface area contributed by atoms with Crippen LogP contribution < -0.4 is 11.1 Å². The lowest BCUT2D eigenvalue weighted by Crippen LogP contribution is -2.15. The quantitative estimate of drug-likeness (QED) is 0.596. The fraction of sp³-hybridized carbons (Fsp3) is 0.250. The summed E-state index contributed by atoms with van der Waals surface area (Å²) in [4.78, 5) is 27.2. The van der Waals surface area contributed by atoms with Gasteiger partial charge in [-0.15, -0.1) is 12.4 Å². The van der Waals surface area contributed by atoms with Gasteiger partial charge in [0.25, 0.3) is 5.91 Å². The molecule has 6 heteroatoms. The van der Waals surface area contributed by atoms with Gasteiger partial charge in [-0.2, -0.15) is 0 Å². The molecule has 118 valence electrons. The summed E-state index contributed by atoms with van der Waals surface area (Å²) in [6, 6.07) is 7.06. The molecule has 0 aliphatic carbocycles. The maximum absolute atomic E-state index is 12.4. The maximum Gasteiger partial charge on any atom is 0.272 e. The number of H-pyrrole nitrogens is 1. The minimum Gasteiger partial charge on any atom is -0.397 e. The van der Waals surface area contributed by atoms with Crippen molar-refractivity contribution in [1.82, 2.24) is 4.98 Å². The van der Waals surface area contributed by atoms with E-state index < -0.39 is 0 Å². The molecular weight excluding hydrogens is 302 g/mol. The van der Waals surface area contributed by atoms with Gasteiger partial charge >= 0.3 is 0 Å². The molecule has 1 aromatic carbocycles. The van der Waals surface area contributed by atoms with Crippen molar-refractivity contribution in [3.8, 4) is 0 Å². The Morgan fingerprint density at radius 2 is 1.91 bits per heavy atom. The number of carbonyl (C=O) groups excluding carboxylic acids is 2. The van der Waals surface area contributed by atoms with Crippen LogP contribution in [0.3, 0.4) is 0 Å². The third kappa shape index (κ3) is 3.31. The molecular formula is C16H20ClN3O2. The van der Waals surface area contributed by atoms with Crippen LogP contribution in [-0.2, 0) is 6.42 Å². The van der Waals surface area contributed by atoms with Crippen molar-refractivity contribution in [3.63, 3.8) is 0 Å². The third-order valence-corrected chi connectivity index (χ3v) is 3.43. The van der Waals surface area contributed by atoms with Gasteiger partial charge in [0.05, 0.1) is 11.4 Å². The molecule has 4 N–H and O–H groups in total. The van der Waals surface area contributed by atoms with Crippen LogP contribution in [0, 0.1) is 6.92 Å². The Kier molecular flexibility index (Phi) is 5.77. The molecule has 1 amide bonds. The molecule has 2 aromatic rings. The number of rotatable bonds is 4. The first kappa shape index (κ1) is 17.8. The zero-order chi connectivity index (χ0) is 15.6. The highest BCUT2D eigenvalue weighted by molar-refractivity contribution is 6.08. The molecule has 1 aromatic heterocycles. The first-order valence-corrected chi connectivity index (χ1v) is 6.83. The Bertz CT molecular complexity index is 707. The number of aryl methyl sites for hydroxylation is 1. The van der Waals surface area contributed by atoms with E-state index >= 15 is 0 Å². The van der Waals surface area contributed by atoms with Crippen molar-refractivity contribution < 1.29 is 9.59 Å². The zero-order valence-electron chi connectivity index (χ0n) is 12.8. The van der Waals surface area contributed by atoms with E-state index in [0.717, 1.165) is 5.56 Å². The van der Waals surface area contributed by atoms with Crippen molar-refractivity contribution in [2.24, 2.45) is 0 Å². The number of benzene rings is 1. The van der Waals surface area contributed by atoms with Crippen molar-refractivity contribution in [2.45, 2.75) is 27.2 Å². The summed E-state index contributed by atoms with van der Waals surface area (Å²) in [5.74, 6) is -0.334. The molecule has 0 saturated heterocycles. The van der Waals surface area contributed by atoms with E-state index in [1.807, 2.05) is 6.92 Å². The number of carbonyl (C=O) groups is 2. The molecule has 2 rings (SSSR count). The lowest BCUT2D eigenvalue weighted by Gasteiger charge is -2.08. The summed E-state index contributed by atoms with van der Waals surface area (Å²) in [5, 5.41) is 2.77. The largest absolute Gasteiger partial charge is 0.397 e. The molecule has 0 aliphatic heterocycles. The SMILES string of the molecule is CCc1c(C(=O)Nc2ccccc2N)[nH]c(C)c1C(C)=O.Cl. The standard InChI is InChI=1S/C16H19N3O2.ClH/c1-4-11-14(10(3)20)9(2)18-15(11)16(21)19-13-8-6-5-7-12(13)17;/h5-8,18H,4,17H2,1-3H3,(H,19,21);1H. The fourth-order valence-electron chi connectivity index (χ4n) is 2.50. The highest BCUT2D eigenvalue weighted by Crippen LogP contribution is 2.23. The summed E-state index contributed by atoms with van der Waals surface area (Å²) in [5.41, 5.74) is 9.35. The predicted molar refractivity (Wildman–Crippen MR) is 91.0 cm³/mol. The summed E-state index contributed by atoms with van der Waals surface area (Å²) in [6.45, 7) is 5.22. The van der Waals surface area contributed by atoms with E-state index in [1.54, 1.807) is 31.2 Å². The summed E-state index contributed by atoms with van der Waals surface area (Å²) < 4.78 is 0. The Morgan fingerprint density at radius 1 is 1.27 bits per heavy atom. The average Bonchev–Trinajstić information content (AvgIpc) is 2.78. The minimum atomic E-state index is -0.291. The van der Waals surface area contributed by atoms with Crippen LogP contribution in [0.15, 0.2) is 24.3 Å². The summed E-state index contributed by atoms with van der Waals surface area (Å²) >= 11 is 0. The Balaban J connectivity index is 0.00000242. The molecule has 0 aliphatic rings. The van der Waals surface area contributed by atoms with Gasteiger partial charge < -0.3 is 16.0 Å². The number of Topliss-reactive ketones (excluding diaryl/α,β-unsaturated/α-hetero) is 1. The van der Waals surface area contributed by atoms with Crippen molar-refractivity contribution >= 4 is 35.5 Å². The van der Waals surface area contributed by atoms with E-state index in [1.165, 1.54) is 6.92 Å². The first-order valence-electron chi connectivity index (χ1n) is 6.83. The number of hydrogen-bond acceptors (Lipinski definition) is 3. The molecule has 0 bridgehead atoms. The minimum absolute atomic E-state index is 0. The molecule has 0 spiro atoms. The third-order valence-electron chi connectivity index (χ3n) is 3.43. The van der Waals surface area contributed by atoms with Gasteiger partial charge in [-0.1, -0.05) is 19.1 Å². The van der Waals surface area contributed by atoms with Crippen LogP contribution in [0.5, 0.6) is 0 Å². The van der Waals surface area contributed by atoms with Crippen LogP contribution >= 0.6 is 12.4 Å². The van der Waals surface area contributed by atoms with Crippen molar-refractivity contribution in [3.05, 3.63) is 46.8 Å². The number of nitrogens with one attached hydrogen (secondary N) is 2. The Labute approximate surface area is 135 Å². The van der Waals surface area contributed by atoms with E-state index in [-0.39, 0.29) is 24.1 Å². The number of halogens is 1. The van der Waals surface area contributed by atoms with E-state index in [4.69, 9.17) is 5.73 Å². The first-order chi connectivity index (χ1) is 9.95. The normalized spacial score (nSPS) is 9.95. The lowest BCUT2D eigenvalue weighted by molar-refractivity contribution is 0.101. The lowest BCUT2D eigenvalue weighted by atomic mass is 10.0. The number of anilines is 2. The Morgan fingerprint density at radius 3 is 2.45 bits per heavy atom. The zero-order valence-corrected chi connectivity index (χ0v) is 13.6. The second-order valence-corrected chi connectivity index (χ2v) is 4.93. The van der Waals surface area contributed by atoms with Crippen LogP contribution in [-0.4, -0.2) is 16.7 Å². The van der Waals surface area contributed by atoms with E-state index in [2.05, 4.69) is 10.3 Å². The monoisotopic (exact) mass is 321 g/mol. The molecule has 0 fully saturated rings. The smallest absolute Gasteiger partial charge is 0.272 e. The molecule has 5 nitrogen and oxygen atoms in total. The van der Waals surface area contributed by atoms with Gasteiger partial charge in [0.1, 0.15) is 5.69 Å². The number of hydrogen-bond donors (Lipinski definition) is 3. The summed E-state index contributed by atoms with van der Waals surface area (Å²) in [6.07, 6.45) is 0.603. The number of para-hydroxylation sites is 2. The number of ketones is 1. The Hall–Kier alpha value is -2.27. The van der Waals surface area contributed by atoms with E-state index in [0.29, 0.717) is 34.7 Å². The van der Waals surface area contributed by atoms with Crippen molar-refractivity contribution in [1.29, 1.82) is 0 Å². The molecule has 0 unspecified atom stereocenters. The maximum atomic E-state index is 12.4. The van der Waals surface area contributed by atoms with Crippen LogP contribution in [0.25, 0.3) is 0 Å². The molecule has 0 saturated carbocycles. The van der Waals surface area contributed by atoms with Crippen LogP contribution in [0.4, 0.5) is 11.4 Å². The number of nitrogens with two attached hydrogens (primary N) is 1. The predicted octanol–water partition coefficient (Wildman–Crippen LogP) is 3.34. The van der Waals surface area contributed by atoms with Gasteiger partial charge in [-0.3, -0.25) is 9.59 Å². The highest BCUT2D eigenvalue weighted by Gasteiger charge is 2.21. The van der Waals surface area contributed by atoms with Gasteiger partial charge in [-0.25, -0.2) is 0 Å². The van der Waals surface area contributed by atoms with Gasteiger partial charge in [0.15, 0.2) is 5.78 Å². The number of aromatic amines is 1. The highest BCUT2D eigenvalue weighted by atomic mass is 35.5. The second-order valence-electron chi connectivity index (χ2n) is 4.93. The molecule has 0 atom stereocenters. The second kappa shape index (κ2) is 7.13.